The fourth-order valence-corrected chi connectivity index (χ4v) is 3.51. The van der Waals surface area contributed by atoms with Gasteiger partial charge in [-0.2, -0.15) is 0 Å². The number of benzene rings is 2. The van der Waals surface area contributed by atoms with Crippen molar-refractivity contribution in [2.45, 2.75) is 11.8 Å². The van der Waals surface area contributed by atoms with Crippen LogP contribution in [0.15, 0.2) is 53.4 Å². The molecule has 0 fully saturated rings. The van der Waals surface area contributed by atoms with Crippen molar-refractivity contribution in [2.75, 3.05) is 13.3 Å². The van der Waals surface area contributed by atoms with Gasteiger partial charge < -0.3 is 0 Å². The summed E-state index contributed by atoms with van der Waals surface area (Å²) >= 11 is 1.68. The van der Waals surface area contributed by atoms with Gasteiger partial charge in [0.05, 0.1) is 5.92 Å². The summed E-state index contributed by atoms with van der Waals surface area (Å²) in [5.74, 6) is -1.36. The second-order valence-electron chi connectivity index (χ2n) is 6.25. The number of hydroxylamine groups is 2. The van der Waals surface area contributed by atoms with E-state index in [9.17, 15) is 14.4 Å². The van der Waals surface area contributed by atoms with Crippen LogP contribution in [0, 0.1) is 11.7 Å². The zero-order valence-electron chi connectivity index (χ0n) is 14.9. The summed E-state index contributed by atoms with van der Waals surface area (Å²) < 4.78 is 13.8. The number of halogens is 1. The molecule has 0 saturated carbocycles. The molecule has 0 aliphatic heterocycles. The third-order valence-electron chi connectivity index (χ3n) is 4.51. The second-order valence-corrected chi connectivity index (χ2v) is 7.13. The lowest BCUT2D eigenvalue weighted by molar-refractivity contribution is -0.161. The van der Waals surface area contributed by atoms with E-state index in [0.717, 1.165) is 16.7 Å². The van der Waals surface area contributed by atoms with E-state index in [1.807, 2.05) is 30.5 Å². The normalized spacial score (nSPS) is 15.6. The van der Waals surface area contributed by atoms with E-state index in [1.165, 1.54) is 24.1 Å². The van der Waals surface area contributed by atoms with Gasteiger partial charge in [0.1, 0.15) is 5.82 Å². The lowest BCUT2D eigenvalue weighted by Gasteiger charge is -2.17. The number of thioether (sulfide) groups is 1. The predicted molar refractivity (Wildman–Crippen MR) is 104 cm³/mol. The maximum Gasteiger partial charge on any atom is 0.252 e. The standard InChI is InChI=1S/C21H20FNO2S/c1-13(21(24)23(2)25)19-11-15(18-9-6-16(22)12-20(18)19)10-14-4-7-17(26-3)8-5-14/h4-13,25H,1-3H3. The molecule has 0 saturated heterocycles. The zero-order chi connectivity index (χ0) is 18.8. The molecule has 3 rings (SSSR count). The van der Waals surface area contributed by atoms with Crippen LogP contribution in [-0.4, -0.2) is 29.5 Å². The lowest BCUT2D eigenvalue weighted by atomic mass is 9.94. The fourth-order valence-electron chi connectivity index (χ4n) is 3.10. The Labute approximate surface area is 156 Å². The molecule has 1 amide bonds. The first-order valence-corrected chi connectivity index (χ1v) is 9.47. The highest BCUT2D eigenvalue weighted by Gasteiger charge is 2.28. The fraction of sp³-hybridized carbons (Fsp3) is 0.190. The summed E-state index contributed by atoms with van der Waals surface area (Å²) in [6.45, 7) is 1.71. The molecule has 5 heteroatoms. The Kier molecular flexibility index (Phi) is 5.30. The van der Waals surface area contributed by atoms with Crippen molar-refractivity contribution >= 4 is 34.9 Å². The minimum absolute atomic E-state index is 0.350. The Morgan fingerprint density at radius 2 is 1.88 bits per heavy atom. The van der Waals surface area contributed by atoms with Crippen LogP contribution in [-0.2, 0) is 4.79 Å². The van der Waals surface area contributed by atoms with Crippen molar-refractivity contribution < 1.29 is 14.4 Å². The molecule has 2 aromatic carbocycles. The Balaban J connectivity index is 2.05. The second kappa shape index (κ2) is 7.48. The van der Waals surface area contributed by atoms with Gasteiger partial charge >= 0.3 is 0 Å². The topological polar surface area (TPSA) is 40.5 Å². The summed E-state index contributed by atoms with van der Waals surface area (Å²) in [6.07, 6.45) is 5.95. The monoisotopic (exact) mass is 369 g/mol. The average Bonchev–Trinajstić information content (AvgIpc) is 2.98. The van der Waals surface area contributed by atoms with Gasteiger partial charge in [-0.3, -0.25) is 10.0 Å². The number of amides is 1. The first kappa shape index (κ1) is 18.4. The molecular weight excluding hydrogens is 349 g/mol. The maximum atomic E-state index is 13.8. The zero-order valence-corrected chi connectivity index (χ0v) is 15.7. The van der Waals surface area contributed by atoms with Gasteiger partial charge in [-0.05, 0) is 77.4 Å². The van der Waals surface area contributed by atoms with Gasteiger partial charge in [-0.25, -0.2) is 9.45 Å². The van der Waals surface area contributed by atoms with Crippen molar-refractivity contribution in [1.82, 2.24) is 5.06 Å². The van der Waals surface area contributed by atoms with E-state index in [-0.39, 0.29) is 5.82 Å². The Hall–Kier alpha value is -2.37. The molecule has 1 N–H and O–H groups in total. The highest BCUT2D eigenvalue weighted by atomic mass is 32.2. The van der Waals surface area contributed by atoms with Gasteiger partial charge in [0.25, 0.3) is 5.91 Å². The number of fused-ring (bicyclic) bond motifs is 1. The largest absolute Gasteiger partial charge is 0.286 e. The van der Waals surface area contributed by atoms with Crippen molar-refractivity contribution in [3.63, 3.8) is 0 Å². The maximum absolute atomic E-state index is 13.8. The highest BCUT2D eigenvalue weighted by Crippen LogP contribution is 2.40. The number of rotatable bonds is 4. The van der Waals surface area contributed by atoms with E-state index < -0.39 is 11.8 Å². The van der Waals surface area contributed by atoms with Crippen molar-refractivity contribution in [3.05, 3.63) is 71.0 Å². The van der Waals surface area contributed by atoms with Gasteiger partial charge in [0.2, 0.25) is 0 Å². The lowest BCUT2D eigenvalue weighted by Crippen LogP contribution is -2.29. The van der Waals surface area contributed by atoms with E-state index >= 15 is 0 Å². The molecule has 2 aromatic rings. The van der Waals surface area contributed by atoms with Gasteiger partial charge in [-0.1, -0.05) is 18.2 Å². The molecule has 1 aliphatic rings. The van der Waals surface area contributed by atoms with Crippen LogP contribution in [0.4, 0.5) is 4.39 Å². The quantitative estimate of drug-likeness (QED) is 0.470. The molecule has 0 bridgehead atoms. The summed E-state index contributed by atoms with van der Waals surface area (Å²) in [6, 6.07) is 12.8. The number of hydrogen-bond acceptors (Lipinski definition) is 3. The SMILES string of the molecule is CSc1ccc(C=C2C=C(C(C)C(=O)N(C)O)c3cc(F)ccc32)cc1. The van der Waals surface area contributed by atoms with Crippen molar-refractivity contribution in [1.29, 1.82) is 0 Å². The Morgan fingerprint density at radius 3 is 2.50 bits per heavy atom. The number of carbonyl (C=O) groups excluding carboxylic acids is 1. The molecule has 0 radical (unpaired) electrons. The van der Waals surface area contributed by atoms with Crippen molar-refractivity contribution in [2.24, 2.45) is 5.92 Å². The van der Waals surface area contributed by atoms with E-state index in [4.69, 9.17) is 0 Å². The first-order chi connectivity index (χ1) is 12.4. The minimum atomic E-state index is -0.574. The summed E-state index contributed by atoms with van der Waals surface area (Å²) in [5, 5.41) is 10.0. The van der Waals surface area contributed by atoms with E-state index in [2.05, 4.69) is 12.1 Å². The number of nitrogens with zero attached hydrogens (tertiary/aromatic N) is 1. The van der Waals surface area contributed by atoms with Crippen LogP contribution in [0.5, 0.6) is 0 Å². The smallest absolute Gasteiger partial charge is 0.252 e. The van der Waals surface area contributed by atoms with Gasteiger partial charge in [-0.15, -0.1) is 11.8 Å². The molecule has 1 unspecified atom stereocenters. The van der Waals surface area contributed by atoms with Crippen LogP contribution < -0.4 is 0 Å². The molecule has 0 heterocycles. The first-order valence-electron chi connectivity index (χ1n) is 8.25. The van der Waals surface area contributed by atoms with Crippen LogP contribution in [0.25, 0.3) is 17.2 Å². The third kappa shape index (κ3) is 3.59. The summed E-state index contributed by atoms with van der Waals surface area (Å²) in [7, 11) is 1.30. The van der Waals surface area contributed by atoms with E-state index in [0.29, 0.717) is 16.2 Å². The molecular formula is C21H20FNO2S. The number of allylic oxidation sites excluding steroid dienone is 2. The van der Waals surface area contributed by atoms with Crippen LogP contribution in [0.3, 0.4) is 0 Å². The minimum Gasteiger partial charge on any atom is -0.286 e. The average molecular weight is 369 g/mol. The highest BCUT2D eigenvalue weighted by molar-refractivity contribution is 7.98. The molecule has 26 heavy (non-hydrogen) atoms. The molecule has 1 aliphatic carbocycles. The summed E-state index contributed by atoms with van der Waals surface area (Å²) in [5.41, 5.74) is 4.24. The summed E-state index contributed by atoms with van der Waals surface area (Å²) in [4.78, 5) is 13.4. The van der Waals surface area contributed by atoms with Gasteiger partial charge in [0.15, 0.2) is 0 Å². The van der Waals surface area contributed by atoms with Gasteiger partial charge in [0, 0.05) is 11.9 Å². The van der Waals surface area contributed by atoms with Crippen LogP contribution in [0.2, 0.25) is 0 Å². The molecule has 0 aromatic heterocycles. The predicted octanol–water partition coefficient (Wildman–Crippen LogP) is 4.97. The van der Waals surface area contributed by atoms with Crippen LogP contribution in [0.1, 0.15) is 23.6 Å². The molecule has 3 nitrogen and oxygen atoms in total. The van der Waals surface area contributed by atoms with Crippen LogP contribution >= 0.6 is 11.8 Å². The van der Waals surface area contributed by atoms with Crippen molar-refractivity contribution in [3.8, 4) is 0 Å². The Bertz CT molecular complexity index is 901. The number of hydrogen-bond donors (Lipinski definition) is 1. The molecule has 0 spiro atoms. The third-order valence-corrected chi connectivity index (χ3v) is 5.25. The molecule has 134 valence electrons. The molecule has 1 atom stereocenters. The number of carbonyl (C=O) groups is 1. The van der Waals surface area contributed by atoms with E-state index in [1.54, 1.807) is 24.8 Å². The Morgan fingerprint density at radius 1 is 1.19 bits per heavy atom.